The molecule has 0 fully saturated rings. The molecule has 1 aromatic rings. The number of methoxy groups -OCH3 is 1. The summed E-state index contributed by atoms with van der Waals surface area (Å²) in [6, 6.07) is 2.55. The lowest BCUT2D eigenvalue weighted by Crippen LogP contribution is -2.37. The zero-order valence-electron chi connectivity index (χ0n) is 10.4. The molecule has 2 aliphatic carbocycles. The second-order valence-electron chi connectivity index (χ2n) is 4.57. The van der Waals surface area contributed by atoms with Gasteiger partial charge in [0.1, 0.15) is 5.76 Å². The summed E-state index contributed by atoms with van der Waals surface area (Å²) < 4.78 is 5.00. The number of phenolic OH excluding ortho intramolecular Hbond substituents is 1. The molecule has 2 aliphatic rings. The van der Waals surface area contributed by atoms with Crippen LogP contribution in [0.15, 0.2) is 35.6 Å². The molecule has 6 heteroatoms. The first kappa shape index (κ1) is 12.4. The van der Waals surface area contributed by atoms with Gasteiger partial charge in [0.2, 0.25) is 0 Å². The molecule has 102 valence electrons. The number of hydrogen-bond donors (Lipinski definition) is 3. The number of Topliss-reactive ketones (excluding diaryl/α,β-unsaturated/α-hetero) is 1. The van der Waals surface area contributed by atoms with Crippen molar-refractivity contribution in [1.29, 1.82) is 0 Å². The summed E-state index contributed by atoms with van der Waals surface area (Å²) in [4.78, 5) is 24.3. The van der Waals surface area contributed by atoms with Crippen LogP contribution in [0.2, 0.25) is 0 Å². The van der Waals surface area contributed by atoms with Crippen LogP contribution in [0.1, 0.15) is 15.9 Å². The molecule has 1 unspecified atom stereocenters. The topological polar surface area (TPSA) is 104 Å². The van der Waals surface area contributed by atoms with E-state index in [1.807, 2.05) is 0 Å². The monoisotopic (exact) mass is 274 g/mol. The van der Waals surface area contributed by atoms with Crippen molar-refractivity contribution in [2.24, 2.45) is 0 Å². The Balaban J connectivity index is 2.41. The van der Waals surface area contributed by atoms with Crippen LogP contribution in [0, 0.1) is 0 Å². The third-order valence-electron chi connectivity index (χ3n) is 3.51. The molecule has 0 heterocycles. The van der Waals surface area contributed by atoms with Crippen LogP contribution in [0.3, 0.4) is 0 Å². The Morgan fingerprint density at radius 1 is 1.15 bits per heavy atom. The van der Waals surface area contributed by atoms with E-state index in [0.717, 1.165) is 12.2 Å². The number of carbonyl (C=O) groups excluding carboxylic acids is 2. The number of ketones is 2. The van der Waals surface area contributed by atoms with E-state index >= 15 is 0 Å². The van der Waals surface area contributed by atoms with Gasteiger partial charge in [0.05, 0.1) is 12.7 Å². The maximum atomic E-state index is 12.3. The molecule has 0 amide bonds. The second kappa shape index (κ2) is 3.71. The fourth-order valence-corrected chi connectivity index (χ4v) is 2.63. The van der Waals surface area contributed by atoms with Crippen LogP contribution in [0.5, 0.6) is 11.5 Å². The number of carbonyl (C=O) groups is 2. The van der Waals surface area contributed by atoms with Crippen LogP contribution < -0.4 is 4.74 Å². The Labute approximate surface area is 113 Å². The lowest BCUT2D eigenvalue weighted by atomic mass is 9.83. The van der Waals surface area contributed by atoms with Gasteiger partial charge in [-0.2, -0.15) is 0 Å². The number of hydrogen-bond acceptors (Lipinski definition) is 6. The van der Waals surface area contributed by atoms with Crippen molar-refractivity contribution in [3.63, 3.8) is 0 Å². The third-order valence-corrected chi connectivity index (χ3v) is 3.51. The van der Waals surface area contributed by atoms with Gasteiger partial charge in [0.25, 0.3) is 0 Å². The van der Waals surface area contributed by atoms with Crippen molar-refractivity contribution >= 4 is 11.6 Å². The highest BCUT2D eigenvalue weighted by molar-refractivity contribution is 6.24. The lowest BCUT2D eigenvalue weighted by molar-refractivity contribution is -0.129. The number of rotatable bonds is 1. The summed E-state index contributed by atoms with van der Waals surface area (Å²) in [6.07, 6.45) is 1.87. The van der Waals surface area contributed by atoms with Crippen LogP contribution in [-0.4, -0.2) is 34.0 Å². The molecule has 0 radical (unpaired) electrons. The predicted molar refractivity (Wildman–Crippen MR) is 66.7 cm³/mol. The number of fused-ring (bicyclic) bond motifs is 3. The Morgan fingerprint density at radius 3 is 2.50 bits per heavy atom. The van der Waals surface area contributed by atoms with Crippen molar-refractivity contribution in [2.45, 2.75) is 5.60 Å². The SMILES string of the molecule is COc1c(O)ccc2c1C1(O)C(=O)C=C(O)C=C1C2=O. The van der Waals surface area contributed by atoms with Crippen molar-refractivity contribution in [3.8, 4) is 11.5 Å². The molecule has 1 atom stereocenters. The first-order valence-corrected chi connectivity index (χ1v) is 5.76. The Kier molecular flexibility index (Phi) is 2.30. The Hall–Kier alpha value is -2.60. The highest BCUT2D eigenvalue weighted by Gasteiger charge is 2.55. The van der Waals surface area contributed by atoms with E-state index in [9.17, 15) is 24.9 Å². The summed E-state index contributed by atoms with van der Waals surface area (Å²) in [6.45, 7) is 0. The highest BCUT2D eigenvalue weighted by atomic mass is 16.5. The van der Waals surface area contributed by atoms with Gasteiger partial charge in [-0.05, 0) is 18.2 Å². The molecule has 0 bridgehead atoms. The average molecular weight is 274 g/mol. The number of benzene rings is 1. The molecule has 0 aliphatic heterocycles. The number of allylic oxidation sites excluding steroid dienone is 1. The maximum Gasteiger partial charge on any atom is 0.200 e. The Morgan fingerprint density at radius 2 is 1.85 bits per heavy atom. The van der Waals surface area contributed by atoms with Gasteiger partial charge in [0, 0.05) is 17.2 Å². The minimum absolute atomic E-state index is 0.0600. The molecule has 20 heavy (non-hydrogen) atoms. The van der Waals surface area contributed by atoms with Gasteiger partial charge in [0.15, 0.2) is 28.7 Å². The van der Waals surface area contributed by atoms with Gasteiger partial charge in [-0.3, -0.25) is 9.59 Å². The highest BCUT2D eigenvalue weighted by Crippen LogP contribution is 2.50. The van der Waals surface area contributed by atoms with E-state index in [1.54, 1.807) is 0 Å². The summed E-state index contributed by atoms with van der Waals surface area (Å²) in [5.74, 6) is -2.28. The molecule has 0 saturated carbocycles. The fraction of sp³-hybridized carbons (Fsp3) is 0.143. The van der Waals surface area contributed by atoms with E-state index < -0.39 is 22.9 Å². The van der Waals surface area contributed by atoms with E-state index in [4.69, 9.17) is 4.74 Å². The van der Waals surface area contributed by atoms with E-state index in [1.165, 1.54) is 19.2 Å². The zero-order valence-corrected chi connectivity index (χ0v) is 10.4. The van der Waals surface area contributed by atoms with Crippen LogP contribution in [0.4, 0.5) is 0 Å². The predicted octanol–water partition coefficient (Wildman–Crippen LogP) is 0.736. The molecule has 3 rings (SSSR count). The summed E-state index contributed by atoms with van der Waals surface area (Å²) >= 11 is 0. The normalized spacial score (nSPS) is 23.9. The lowest BCUT2D eigenvalue weighted by Gasteiger charge is -2.26. The van der Waals surface area contributed by atoms with Crippen LogP contribution >= 0.6 is 0 Å². The van der Waals surface area contributed by atoms with Gasteiger partial charge in [-0.15, -0.1) is 0 Å². The molecule has 0 saturated heterocycles. The molecular weight excluding hydrogens is 264 g/mol. The molecule has 6 nitrogen and oxygen atoms in total. The van der Waals surface area contributed by atoms with Crippen molar-refractivity contribution in [3.05, 3.63) is 46.7 Å². The number of phenols is 1. The van der Waals surface area contributed by atoms with E-state index in [0.29, 0.717) is 0 Å². The number of aliphatic hydroxyl groups excluding tert-OH is 1. The van der Waals surface area contributed by atoms with Gasteiger partial charge >= 0.3 is 0 Å². The van der Waals surface area contributed by atoms with Crippen molar-refractivity contribution < 1.29 is 29.6 Å². The summed E-state index contributed by atoms with van der Waals surface area (Å²) in [5.41, 5.74) is -2.51. The van der Waals surface area contributed by atoms with E-state index in [-0.39, 0.29) is 28.2 Å². The molecule has 0 aromatic heterocycles. The summed E-state index contributed by atoms with van der Waals surface area (Å²) in [7, 11) is 1.26. The minimum Gasteiger partial charge on any atom is -0.508 e. The molecule has 1 aromatic carbocycles. The Bertz CT molecular complexity index is 727. The largest absolute Gasteiger partial charge is 0.508 e. The number of ether oxygens (including phenoxy) is 1. The third kappa shape index (κ3) is 1.26. The number of aromatic hydroxyl groups is 1. The summed E-state index contributed by atoms with van der Waals surface area (Å²) in [5, 5.41) is 29.9. The molecule has 0 spiro atoms. The smallest absolute Gasteiger partial charge is 0.200 e. The first-order valence-electron chi connectivity index (χ1n) is 5.76. The van der Waals surface area contributed by atoms with Crippen molar-refractivity contribution in [2.75, 3.05) is 7.11 Å². The molecular formula is C14H10O6. The molecule has 3 N–H and O–H groups in total. The van der Waals surface area contributed by atoms with E-state index in [2.05, 4.69) is 0 Å². The fourth-order valence-electron chi connectivity index (χ4n) is 2.63. The number of aliphatic hydroxyl groups is 2. The second-order valence-corrected chi connectivity index (χ2v) is 4.57. The quantitative estimate of drug-likeness (QED) is 0.697. The average Bonchev–Trinajstić information content (AvgIpc) is 2.62. The van der Waals surface area contributed by atoms with Crippen LogP contribution in [0.25, 0.3) is 0 Å². The van der Waals surface area contributed by atoms with Gasteiger partial charge < -0.3 is 20.1 Å². The van der Waals surface area contributed by atoms with Gasteiger partial charge in [-0.1, -0.05) is 0 Å². The first-order chi connectivity index (χ1) is 9.41. The maximum absolute atomic E-state index is 12.3. The standard InChI is InChI=1S/C14H10O6/c1-20-13-9(16)3-2-7-11(13)14(19)8(12(7)18)4-6(15)5-10(14)17/h2-5,15-16,19H,1H3. The van der Waals surface area contributed by atoms with Crippen molar-refractivity contribution in [1.82, 2.24) is 0 Å². The van der Waals surface area contributed by atoms with Crippen LogP contribution in [-0.2, 0) is 10.4 Å². The van der Waals surface area contributed by atoms with Gasteiger partial charge in [-0.25, -0.2) is 0 Å². The minimum atomic E-state index is -2.23. The zero-order chi connectivity index (χ0) is 14.7.